The summed E-state index contributed by atoms with van der Waals surface area (Å²) in [5, 5.41) is 18.3. The molecule has 5 aromatic rings. The Labute approximate surface area is 221 Å². The van der Waals surface area contributed by atoms with Crippen molar-refractivity contribution in [3.8, 4) is 16.9 Å². The molecule has 1 aliphatic rings. The lowest BCUT2D eigenvalue weighted by Crippen LogP contribution is -2.13. The molecular formula is C31H31N3O4. The van der Waals surface area contributed by atoms with Gasteiger partial charge >= 0.3 is 5.97 Å². The van der Waals surface area contributed by atoms with Crippen LogP contribution in [-0.2, 0) is 31.4 Å². The lowest BCUT2D eigenvalue weighted by molar-refractivity contribution is 0.0681. The first-order valence-corrected chi connectivity index (χ1v) is 13.1. The van der Waals surface area contributed by atoms with Gasteiger partial charge in [0, 0.05) is 47.8 Å². The van der Waals surface area contributed by atoms with Crippen molar-refractivity contribution >= 4 is 27.6 Å². The van der Waals surface area contributed by atoms with Crippen molar-refractivity contribution in [3.05, 3.63) is 83.3 Å². The van der Waals surface area contributed by atoms with Gasteiger partial charge in [-0.1, -0.05) is 54.6 Å². The predicted molar refractivity (Wildman–Crippen MR) is 148 cm³/mol. The first-order valence-electron chi connectivity index (χ1n) is 13.1. The Bertz CT molecular complexity index is 1660. The standard InChI is InChI=1S/C31H31N3O4/c1-20-28-25-13-6-12-23-24(14-7-18-38-27-15-5-10-21-9-3-4-11-22(21)27)30(31(35)36)34(29(23)25)16-8-17-37-19-26(28)32-33(20)2/h3-6,9-13,15H,7-8,14,16-19H2,1-2H3,(H,35,36). The number of carboxylic acid groups (broad SMARTS) is 1. The van der Waals surface area contributed by atoms with E-state index >= 15 is 0 Å². The summed E-state index contributed by atoms with van der Waals surface area (Å²) in [5.74, 6) is -0.0533. The maximum Gasteiger partial charge on any atom is 0.352 e. The summed E-state index contributed by atoms with van der Waals surface area (Å²) in [5.41, 5.74) is 6.14. The fourth-order valence-corrected chi connectivity index (χ4v) is 5.78. The van der Waals surface area contributed by atoms with E-state index in [2.05, 4.69) is 30.3 Å². The number of carboxylic acids is 1. The second kappa shape index (κ2) is 9.99. The normalized spacial score (nSPS) is 13.5. The summed E-state index contributed by atoms with van der Waals surface area (Å²) in [7, 11) is 1.94. The van der Waals surface area contributed by atoms with E-state index in [1.54, 1.807) is 0 Å². The van der Waals surface area contributed by atoms with E-state index in [1.807, 2.05) is 53.6 Å². The molecule has 0 spiro atoms. The van der Waals surface area contributed by atoms with Crippen LogP contribution in [0.1, 0.15) is 40.3 Å². The second-order valence-corrected chi connectivity index (χ2v) is 9.85. The van der Waals surface area contributed by atoms with Gasteiger partial charge in [-0.2, -0.15) is 5.10 Å². The highest BCUT2D eigenvalue weighted by Crippen LogP contribution is 2.39. The van der Waals surface area contributed by atoms with Crippen molar-refractivity contribution < 1.29 is 19.4 Å². The molecule has 3 heterocycles. The van der Waals surface area contributed by atoms with Crippen LogP contribution in [-0.4, -0.2) is 38.6 Å². The zero-order valence-electron chi connectivity index (χ0n) is 21.7. The summed E-state index contributed by atoms with van der Waals surface area (Å²) >= 11 is 0. The van der Waals surface area contributed by atoms with Crippen LogP contribution in [0.15, 0.2) is 60.7 Å². The van der Waals surface area contributed by atoms with Gasteiger partial charge in [0.25, 0.3) is 0 Å². The number of benzene rings is 3. The van der Waals surface area contributed by atoms with Crippen molar-refractivity contribution in [1.29, 1.82) is 0 Å². The number of rotatable bonds is 6. The number of carbonyl (C=O) groups is 1. The van der Waals surface area contributed by atoms with Crippen molar-refractivity contribution in [2.75, 3.05) is 13.2 Å². The van der Waals surface area contributed by atoms with E-state index in [0.717, 1.165) is 61.9 Å². The van der Waals surface area contributed by atoms with Crippen LogP contribution in [0.25, 0.3) is 32.8 Å². The molecule has 2 aromatic heterocycles. The fourth-order valence-electron chi connectivity index (χ4n) is 5.78. The molecule has 7 heteroatoms. The summed E-state index contributed by atoms with van der Waals surface area (Å²) < 4.78 is 16.0. The summed E-state index contributed by atoms with van der Waals surface area (Å²) in [6, 6.07) is 20.4. The number of aromatic carboxylic acids is 1. The third kappa shape index (κ3) is 4.13. The van der Waals surface area contributed by atoms with E-state index in [9.17, 15) is 9.90 Å². The molecule has 1 aliphatic heterocycles. The SMILES string of the molecule is Cc1c2c(nn1C)COCCCn1c(C(=O)O)c(CCCOc3cccc4ccccc34)c3cccc-2c31. The zero-order chi connectivity index (χ0) is 26.2. The Hall–Kier alpha value is -4.10. The predicted octanol–water partition coefficient (Wildman–Crippen LogP) is 6.13. The van der Waals surface area contributed by atoms with Gasteiger partial charge in [0.1, 0.15) is 11.4 Å². The van der Waals surface area contributed by atoms with Gasteiger partial charge < -0.3 is 19.1 Å². The second-order valence-electron chi connectivity index (χ2n) is 9.85. The molecule has 0 saturated carbocycles. The molecule has 0 unspecified atom stereocenters. The molecule has 0 amide bonds. The molecule has 0 fully saturated rings. The van der Waals surface area contributed by atoms with Gasteiger partial charge in [-0.3, -0.25) is 4.68 Å². The minimum atomic E-state index is -0.904. The number of para-hydroxylation sites is 1. The maximum absolute atomic E-state index is 12.7. The van der Waals surface area contributed by atoms with Crippen LogP contribution in [0.2, 0.25) is 0 Å². The highest BCUT2D eigenvalue weighted by Gasteiger charge is 2.27. The van der Waals surface area contributed by atoms with Crippen molar-refractivity contribution in [1.82, 2.24) is 14.3 Å². The molecule has 0 radical (unpaired) electrons. The lowest BCUT2D eigenvalue weighted by Gasteiger charge is -2.15. The topological polar surface area (TPSA) is 78.5 Å². The molecule has 0 aliphatic carbocycles. The number of hydrogen-bond acceptors (Lipinski definition) is 4. The quantitative estimate of drug-likeness (QED) is 0.279. The van der Waals surface area contributed by atoms with Gasteiger partial charge in [0.05, 0.1) is 24.4 Å². The molecule has 1 N–H and O–H groups in total. The average Bonchev–Trinajstić information content (AvgIpc) is 3.39. The molecule has 0 bridgehead atoms. The number of aromatic nitrogens is 3. The van der Waals surface area contributed by atoms with Crippen LogP contribution in [0.3, 0.4) is 0 Å². The summed E-state index contributed by atoms with van der Waals surface area (Å²) in [4.78, 5) is 12.7. The van der Waals surface area contributed by atoms with Crippen LogP contribution in [0, 0.1) is 6.92 Å². The number of hydrogen-bond donors (Lipinski definition) is 1. The Morgan fingerprint density at radius 1 is 1.08 bits per heavy atom. The van der Waals surface area contributed by atoms with Crippen molar-refractivity contribution in [2.24, 2.45) is 7.05 Å². The molecule has 0 atom stereocenters. The average molecular weight is 510 g/mol. The van der Waals surface area contributed by atoms with E-state index in [1.165, 1.54) is 0 Å². The molecule has 3 aromatic carbocycles. The van der Waals surface area contributed by atoms with E-state index < -0.39 is 5.97 Å². The molecule has 6 rings (SSSR count). The van der Waals surface area contributed by atoms with Crippen LogP contribution >= 0.6 is 0 Å². The summed E-state index contributed by atoms with van der Waals surface area (Å²) in [6.07, 6.45) is 2.03. The van der Waals surface area contributed by atoms with Crippen LogP contribution in [0.4, 0.5) is 0 Å². The molecule has 7 nitrogen and oxygen atoms in total. The van der Waals surface area contributed by atoms with E-state index in [4.69, 9.17) is 14.6 Å². The number of ether oxygens (including phenoxy) is 2. The van der Waals surface area contributed by atoms with Gasteiger partial charge in [0.2, 0.25) is 0 Å². The smallest absolute Gasteiger partial charge is 0.352 e. The van der Waals surface area contributed by atoms with Gasteiger partial charge in [-0.25, -0.2) is 4.79 Å². The Morgan fingerprint density at radius 3 is 2.74 bits per heavy atom. The van der Waals surface area contributed by atoms with Gasteiger partial charge in [0.15, 0.2) is 0 Å². The van der Waals surface area contributed by atoms with Gasteiger partial charge in [-0.05, 0) is 43.2 Å². The highest BCUT2D eigenvalue weighted by molar-refractivity contribution is 6.04. The molecule has 0 saturated heterocycles. The van der Waals surface area contributed by atoms with E-state index in [-0.39, 0.29) is 0 Å². The van der Waals surface area contributed by atoms with Crippen LogP contribution in [0.5, 0.6) is 5.75 Å². The Balaban J connectivity index is 1.39. The number of aryl methyl sites for hydroxylation is 3. The van der Waals surface area contributed by atoms with Crippen LogP contribution < -0.4 is 4.74 Å². The minimum Gasteiger partial charge on any atom is -0.493 e. The van der Waals surface area contributed by atoms with Crippen molar-refractivity contribution in [2.45, 2.75) is 39.3 Å². The largest absolute Gasteiger partial charge is 0.493 e. The fraction of sp³-hybridized carbons (Fsp3) is 0.290. The highest BCUT2D eigenvalue weighted by atomic mass is 16.5. The first-order chi connectivity index (χ1) is 18.5. The Morgan fingerprint density at radius 2 is 1.87 bits per heavy atom. The Kier molecular flexibility index (Phi) is 6.37. The third-order valence-corrected chi connectivity index (χ3v) is 7.55. The molecular weight excluding hydrogens is 478 g/mol. The van der Waals surface area contributed by atoms with Crippen molar-refractivity contribution in [3.63, 3.8) is 0 Å². The molecule has 38 heavy (non-hydrogen) atoms. The minimum absolute atomic E-state index is 0.362. The van der Waals surface area contributed by atoms with E-state index in [0.29, 0.717) is 44.9 Å². The number of nitrogens with zero attached hydrogens (tertiary/aromatic N) is 3. The van der Waals surface area contributed by atoms with Gasteiger partial charge in [-0.15, -0.1) is 0 Å². The maximum atomic E-state index is 12.7. The first kappa shape index (κ1) is 24.2. The third-order valence-electron chi connectivity index (χ3n) is 7.55. The zero-order valence-corrected chi connectivity index (χ0v) is 21.7. The summed E-state index contributed by atoms with van der Waals surface area (Å²) in [6.45, 7) is 4.12. The molecule has 194 valence electrons. The monoisotopic (exact) mass is 509 g/mol. The lowest BCUT2D eigenvalue weighted by atomic mass is 9.98. The number of fused-ring (bicyclic) bond motifs is 3.